The molecule has 3 fully saturated rings. The maximum absolute atomic E-state index is 14.2. The predicted octanol–water partition coefficient (Wildman–Crippen LogP) is 10.4. The van der Waals surface area contributed by atoms with E-state index in [1.165, 1.54) is 30.5 Å². The van der Waals surface area contributed by atoms with Gasteiger partial charge in [0.25, 0.3) is 11.8 Å². The Morgan fingerprint density at radius 2 is 1.20 bits per heavy atom. The SMILES string of the molecule is COc1cc2c(cc1OCCCOc1cc3c(cc1OC)C(=O)N1C=C(c4ccc(N5CCN(C)CC5)cc4)C[C@H]1C=N3)N=C[C@@H]1CC(c3ccc(NC(=O)[C@H](C)NC(=O)C(NC(=O)CCCCCN4C(=O)CC(C5CCCCC(C)CC5)C4=O)C(C)C)cc3)=CN1C2=O. The van der Waals surface area contributed by atoms with E-state index in [4.69, 9.17) is 28.9 Å². The number of likely N-dealkylation sites (tertiary alicyclic amines) is 1. The van der Waals surface area contributed by atoms with Crippen LogP contribution in [0.3, 0.4) is 0 Å². The van der Waals surface area contributed by atoms with Crippen LogP contribution in [-0.4, -0.2) is 165 Å². The lowest BCUT2D eigenvalue weighted by molar-refractivity contribution is -0.140. The zero-order valence-corrected chi connectivity index (χ0v) is 55.3. The van der Waals surface area contributed by atoms with Gasteiger partial charge in [0.2, 0.25) is 29.5 Å². The number of unbranched alkanes of at least 4 members (excludes halogenated alkanes) is 2. The van der Waals surface area contributed by atoms with Crippen molar-refractivity contribution in [2.24, 2.45) is 33.7 Å². The van der Waals surface area contributed by atoms with Crippen LogP contribution in [0.1, 0.15) is 149 Å². The number of aliphatic imine (C=N–C) groups is 2. The van der Waals surface area contributed by atoms with Crippen molar-refractivity contribution >= 4 is 87.7 Å². The van der Waals surface area contributed by atoms with Crippen molar-refractivity contribution in [2.75, 3.05) is 77.4 Å². The fourth-order valence-corrected chi connectivity index (χ4v) is 13.8. The molecule has 7 amide bonds. The fraction of sp³-hybridized carbons (Fsp3) is 0.493. The molecule has 2 saturated heterocycles. The number of imide groups is 1. The Kier molecular flexibility index (Phi) is 21.3. The molecule has 7 aliphatic rings. The minimum Gasteiger partial charge on any atom is -0.493 e. The average Bonchev–Trinajstić information content (AvgIpc) is 1.61. The Morgan fingerprint density at radius 1 is 0.628 bits per heavy atom. The molecule has 0 bridgehead atoms. The van der Waals surface area contributed by atoms with Crippen molar-refractivity contribution in [3.8, 4) is 23.0 Å². The lowest BCUT2D eigenvalue weighted by Crippen LogP contribution is -2.53. The molecule has 3 N–H and O–H groups in total. The molecular weight excluding hydrogens is 1190 g/mol. The summed E-state index contributed by atoms with van der Waals surface area (Å²) in [6.45, 7) is 12.5. The molecule has 94 heavy (non-hydrogen) atoms. The van der Waals surface area contributed by atoms with Crippen molar-refractivity contribution in [3.05, 3.63) is 107 Å². The van der Waals surface area contributed by atoms with Crippen LogP contribution in [0.15, 0.2) is 95.2 Å². The zero-order valence-electron chi connectivity index (χ0n) is 55.3. The van der Waals surface area contributed by atoms with Gasteiger partial charge in [0.15, 0.2) is 23.0 Å². The third-order valence-electron chi connectivity index (χ3n) is 19.6. The summed E-state index contributed by atoms with van der Waals surface area (Å²) in [6, 6.07) is 20.3. The van der Waals surface area contributed by atoms with Crippen LogP contribution >= 0.6 is 0 Å². The van der Waals surface area contributed by atoms with E-state index in [2.05, 4.69) is 64.0 Å². The zero-order chi connectivity index (χ0) is 66.2. The largest absolute Gasteiger partial charge is 0.493 e. The van der Waals surface area contributed by atoms with Crippen molar-refractivity contribution in [1.82, 2.24) is 30.2 Å². The quantitative estimate of drug-likeness (QED) is 0.0438. The monoisotopic (exact) mass is 1280 g/mol. The maximum Gasteiger partial charge on any atom is 0.260 e. The number of nitrogens with zero attached hydrogens (tertiary/aromatic N) is 7. The first-order chi connectivity index (χ1) is 45.4. The summed E-state index contributed by atoms with van der Waals surface area (Å²) in [5, 5.41) is 8.49. The summed E-state index contributed by atoms with van der Waals surface area (Å²) in [5.41, 5.74) is 7.36. The molecule has 21 heteroatoms. The summed E-state index contributed by atoms with van der Waals surface area (Å²) in [5.74, 6) is 0.375. The second-order valence-electron chi connectivity index (χ2n) is 26.6. The van der Waals surface area contributed by atoms with Crippen molar-refractivity contribution < 1.29 is 52.5 Å². The number of fused-ring (bicyclic) bond motifs is 4. The van der Waals surface area contributed by atoms with E-state index < -0.39 is 23.9 Å². The van der Waals surface area contributed by atoms with Gasteiger partial charge < -0.3 is 54.5 Å². The standard InChI is InChI=1S/C73H90N10O11/c1-45(2)68(78-66(84)16-9-8-12-27-81-67(85)38-57(71(81)88)50-15-11-10-14-46(3)17-18-50)70(87)76-47(4)69(86)77-53-23-19-48(20-24-53)51-34-55-41-74-60-39-64(62(91-6)36-58(60)72(89)82(55)43-51)93-32-13-33-94-65-40-61-59(37-63(65)92-7)73(90)83-44-52(35-56(83)42-75-61)49-21-25-54(26-22-49)80-30-28-79(5)29-31-80/h19-26,36-37,39-47,50,55-57,68H,8-18,27-35,38H2,1-7H3,(H,76,87)(H,77,86)(H,78,84)/t46?,47-,50?,55-,56-,57?,68?/m0/s1. The molecule has 498 valence electrons. The number of carbonyl (C=O) groups is 7. The third-order valence-corrected chi connectivity index (χ3v) is 19.6. The van der Waals surface area contributed by atoms with Crippen LogP contribution < -0.4 is 39.8 Å². The molecule has 7 atom stereocenters. The molecule has 6 aliphatic heterocycles. The Balaban J connectivity index is 0.614. The lowest BCUT2D eigenvalue weighted by Gasteiger charge is -2.34. The number of amides is 7. The number of likely N-dealkylation sites (N-methyl/N-ethyl adjacent to an activating group) is 1. The minimum absolute atomic E-state index is 0.0335. The molecule has 0 radical (unpaired) electrons. The number of rotatable bonds is 24. The number of hydrogen-bond acceptors (Lipinski definition) is 15. The van der Waals surface area contributed by atoms with Gasteiger partial charge in [0.05, 0.1) is 67.9 Å². The summed E-state index contributed by atoms with van der Waals surface area (Å²) < 4.78 is 23.9. The number of carbonyl (C=O) groups excluding carboxylic acids is 7. The highest BCUT2D eigenvalue weighted by molar-refractivity contribution is 6.07. The third kappa shape index (κ3) is 15.4. The van der Waals surface area contributed by atoms with Gasteiger partial charge in [-0.2, -0.15) is 0 Å². The number of anilines is 2. The summed E-state index contributed by atoms with van der Waals surface area (Å²) in [6.07, 6.45) is 17.9. The first-order valence-electron chi connectivity index (χ1n) is 33.7. The Labute approximate surface area is 551 Å². The summed E-state index contributed by atoms with van der Waals surface area (Å²) in [7, 11) is 5.21. The van der Waals surface area contributed by atoms with Gasteiger partial charge in [0.1, 0.15) is 12.1 Å². The van der Waals surface area contributed by atoms with Gasteiger partial charge in [-0.05, 0) is 116 Å². The molecule has 4 unspecified atom stereocenters. The second-order valence-corrected chi connectivity index (χ2v) is 26.6. The van der Waals surface area contributed by atoms with Crippen molar-refractivity contribution in [3.63, 3.8) is 0 Å². The molecule has 4 aromatic rings. The highest BCUT2D eigenvalue weighted by Gasteiger charge is 2.43. The molecule has 0 aromatic heterocycles. The molecule has 0 spiro atoms. The molecular formula is C73H90N10O11. The van der Waals surface area contributed by atoms with Crippen LogP contribution in [0, 0.1) is 23.7 Å². The van der Waals surface area contributed by atoms with Gasteiger partial charge >= 0.3 is 0 Å². The topological polar surface area (TPSA) is 233 Å². The molecule has 1 aliphatic carbocycles. The van der Waals surface area contributed by atoms with Crippen LogP contribution in [-0.2, 0) is 24.0 Å². The number of methoxy groups -OCH3 is 2. The second kappa shape index (κ2) is 30.0. The fourth-order valence-electron chi connectivity index (χ4n) is 13.8. The normalized spacial score (nSPS) is 21.8. The number of piperazine rings is 1. The smallest absolute Gasteiger partial charge is 0.260 e. The predicted molar refractivity (Wildman–Crippen MR) is 362 cm³/mol. The van der Waals surface area contributed by atoms with Gasteiger partial charge in [-0.15, -0.1) is 0 Å². The van der Waals surface area contributed by atoms with Crippen LogP contribution in [0.2, 0.25) is 0 Å². The van der Waals surface area contributed by atoms with Gasteiger partial charge in [-0.3, -0.25) is 48.4 Å². The van der Waals surface area contributed by atoms with Gasteiger partial charge in [-0.25, -0.2) is 0 Å². The minimum atomic E-state index is -0.925. The van der Waals surface area contributed by atoms with Crippen LogP contribution in [0.25, 0.3) is 11.1 Å². The van der Waals surface area contributed by atoms with Crippen molar-refractivity contribution in [2.45, 2.75) is 142 Å². The number of hydrogen-bond donors (Lipinski definition) is 3. The Bertz CT molecular complexity index is 3610. The molecule has 6 heterocycles. The molecule has 21 nitrogen and oxygen atoms in total. The maximum atomic E-state index is 14.2. The first-order valence-corrected chi connectivity index (χ1v) is 33.7. The first kappa shape index (κ1) is 66.6. The highest BCUT2D eigenvalue weighted by Crippen LogP contribution is 2.43. The molecule has 4 aromatic carbocycles. The summed E-state index contributed by atoms with van der Waals surface area (Å²) >= 11 is 0. The van der Waals surface area contributed by atoms with E-state index in [1.807, 2.05) is 44.6 Å². The Morgan fingerprint density at radius 3 is 1.78 bits per heavy atom. The van der Waals surface area contributed by atoms with E-state index in [1.54, 1.807) is 66.4 Å². The lowest BCUT2D eigenvalue weighted by atomic mass is 9.79. The number of benzene rings is 4. The van der Waals surface area contributed by atoms with E-state index >= 15 is 0 Å². The van der Waals surface area contributed by atoms with Gasteiger partial charge in [-0.1, -0.05) is 77.1 Å². The highest BCUT2D eigenvalue weighted by atomic mass is 16.5. The summed E-state index contributed by atoms with van der Waals surface area (Å²) in [4.78, 5) is 114. The van der Waals surface area contributed by atoms with Gasteiger partial charge in [0, 0.05) is 113 Å². The average molecular weight is 1280 g/mol. The molecule has 1 saturated carbocycles. The van der Waals surface area contributed by atoms with E-state index in [0.29, 0.717) is 109 Å². The van der Waals surface area contributed by atoms with E-state index in [0.717, 1.165) is 74.1 Å². The van der Waals surface area contributed by atoms with Crippen LogP contribution in [0.4, 0.5) is 22.7 Å². The van der Waals surface area contributed by atoms with E-state index in [9.17, 15) is 33.6 Å². The molecule has 11 rings (SSSR count). The number of ether oxygens (including phenoxy) is 4. The number of nitrogens with one attached hydrogen (secondary N) is 3. The van der Waals surface area contributed by atoms with Crippen LogP contribution in [0.5, 0.6) is 23.0 Å². The Hall–Kier alpha value is -8.85. The van der Waals surface area contributed by atoms with Crippen molar-refractivity contribution in [1.29, 1.82) is 0 Å². The van der Waals surface area contributed by atoms with E-state index in [-0.39, 0.29) is 79.0 Å².